The summed E-state index contributed by atoms with van der Waals surface area (Å²) in [5, 5.41) is 8.53. The molecular weight excluding hydrogens is 388 g/mol. The number of thiophene rings is 1. The highest BCUT2D eigenvalue weighted by Gasteiger charge is 2.15. The van der Waals surface area contributed by atoms with Crippen LogP contribution in [0.5, 0.6) is 5.75 Å². The van der Waals surface area contributed by atoms with E-state index in [1.54, 1.807) is 23.5 Å². The van der Waals surface area contributed by atoms with Crippen molar-refractivity contribution in [2.75, 3.05) is 0 Å². The first-order chi connectivity index (χ1) is 12.6. The number of benzene rings is 1. The van der Waals surface area contributed by atoms with Gasteiger partial charge >= 0.3 is 0 Å². The number of amides is 1. The largest absolute Gasteiger partial charge is 0.486 e. The van der Waals surface area contributed by atoms with Gasteiger partial charge in [0.15, 0.2) is 0 Å². The lowest BCUT2D eigenvalue weighted by atomic mass is 10.2. The van der Waals surface area contributed by atoms with Crippen molar-refractivity contribution in [3.8, 4) is 5.75 Å². The van der Waals surface area contributed by atoms with Crippen molar-refractivity contribution in [1.29, 1.82) is 0 Å². The normalized spacial score (nSPS) is 11.9. The highest BCUT2D eigenvalue weighted by molar-refractivity contribution is 7.10. The minimum Gasteiger partial charge on any atom is -0.486 e. The minimum absolute atomic E-state index is 0.0132. The standard InChI is InChI=1S/C19H19ClN2O2S2/c1-2-16(17-4-3-9-25-17)22-18(23)10-14-12-26-19(21-14)11-24-15-7-5-13(20)6-8-15/h3-9,12,16H,2,10-11H2,1H3,(H,22,23). The van der Waals surface area contributed by atoms with Crippen LogP contribution in [-0.4, -0.2) is 10.9 Å². The van der Waals surface area contributed by atoms with Crippen molar-refractivity contribution >= 4 is 40.2 Å². The van der Waals surface area contributed by atoms with Crippen LogP contribution in [-0.2, 0) is 17.8 Å². The van der Waals surface area contributed by atoms with Crippen molar-refractivity contribution < 1.29 is 9.53 Å². The Morgan fingerprint density at radius 2 is 2.08 bits per heavy atom. The number of halogens is 1. The van der Waals surface area contributed by atoms with Crippen molar-refractivity contribution in [3.63, 3.8) is 0 Å². The van der Waals surface area contributed by atoms with E-state index in [4.69, 9.17) is 16.3 Å². The van der Waals surface area contributed by atoms with Crippen LogP contribution in [0, 0.1) is 0 Å². The lowest BCUT2D eigenvalue weighted by molar-refractivity contribution is -0.121. The van der Waals surface area contributed by atoms with Crippen LogP contribution in [0.25, 0.3) is 0 Å². The Labute approximate surface area is 165 Å². The van der Waals surface area contributed by atoms with E-state index in [1.807, 2.05) is 35.0 Å². The predicted molar refractivity (Wildman–Crippen MR) is 107 cm³/mol. The van der Waals surface area contributed by atoms with E-state index >= 15 is 0 Å². The van der Waals surface area contributed by atoms with Gasteiger partial charge in [-0.2, -0.15) is 0 Å². The average molecular weight is 407 g/mol. The van der Waals surface area contributed by atoms with Crippen LogP contribution in [0.15, 0.2) is 47.2 Å². The van der Waals surface area contributed by atoms with Crippen molar-refractivity contribution in [3.05, 3.63) is 67.8 Å². The number of thiazole rings is 1. The topological polar surface area (TPSA) is 51.2 Å². The molecule has 1 atom stereocenters. The van der Waals surface area contributed by atoms with E-state index in [9.17, 15) is 4.79 Å². The molecule has 0 fully saturated rings. The second-order valence-electron chi connectivity index (χ2n) is 5.70. The summed E-state index contributed by atoms with van der Waals surface area (Å²) in [5.74, 6) is 0.728. The molecule has 0 spiro atoms. The number of hydrogen-bond acceptors (Lipinski definition) is 5. The Morgan fingerprint density at radius 3 is 2.77 bits per heavy atom. The molecule has 0 aliphatic rings. The van der Waals surface area contributed by atoms with E-state index in [0.29, 0.717) is 11.6 Å². The van der Waals surface area contributed by atoms with Gasteiger partial charge in [-0.25, -0.2) is 4.98 Å². The fourth-order valence-corrected chi connectivity index (χ4v) is 4.14. The van der Waals surface area contributed by atoms with Crippen molar-refractivity contribution in [2.45, 2.75) is 32.4 Å². The van der Waals surface area contributed by atoms with Crippen LogP contribution in [0.4, 0.5) is 0 Å². The van der Waals surface area contributed by atoms with E-state index in [2.05, 4.69) is 17.2 Å². The zero-order valence-corrected chi connectivity index (χ0v) is 16.7. The monoisotopic (exact) mass is 406 g/mol. The summed E-state index contributed by atoms with van der Waals surface area (Å²) in [6, 6.07) is 11.3. The number of nitrogens with one attached hydrogen (secondary N) is 1. The second-order valence-corrected chi connectivity index (χ2v) is 8.05. The van der Waals surface area contributed by atoms with Gasteiger partial charge in [-0.15, -0.1) is 22.7 Å². The lowest BCUT2D eigenvalue weighted by Gasteiger charge is -2.14. The molecule has 136 valence electrons. The van der Waals surface area contributed by atoms with Crippen LogP contribution in [0.3, 0.4) is 0 Å². The first kappa shape index (κ1) is 18.9. The summed E-state index contributed by atoms with van der Waals surface area (Å²) in [6.45, 7) is 2.44. The third-order valence-corrected chi connectivity index (χ3v) is 5.86. The highest BCUT2D eigenvalue weighted by Crippen LogP contribution is 2.22. The molecule has 0 radical (unpaired) electrons. The van der Waals surface area contributed by atoms with E-state index in [0.717, 1.165) is 22.9 Å². The molecule has 0 bridgehead atoms. The molecule has 0 aliphatic carbocycles. The van der Waals surface area contributed by atoms with Gasteiger partial charge in [0.1, 0.15) is 17.4 Å². The van der Waals surface area contributed by atoms with Crippen LogP contribution >= 0.6 is 34.3 Å². The van der Waals surface area contributed by atoms with Crippen LogP contribution in [0.2, 0.25) is 5.02 Å². The molecule has 0 saturated heterocycles. The zero-order chi connectivity index (χ0) is 18.4. The molecule has 26 heavy (non-hydrogen) atoms. The second kappa shape index (κ2) is 9.16. The summed E-state index contributed by atoms with van der Waals surface area (Å²) in [5.41, 5.74) is 0.767. The quantitative estimate of drug-likeness (QED) is 0.556. The number of hydrogen-bond donors (Lipinski definition) is 1. The van der Waals surface area contributed by atoms with Crippen LogP contribution in [0.1, 0.15) is 35.0 Å². The van der Waals surface area contributed by atoms with Gasteiger partial charge in [0.2, 0.25) is 5.91 Å². The van der Waals surface area contributed by atoms with Crippen LogP contribution < -0.4 is 10.1 Å². The molecule has 2 heterocycles. The molecule has 1 amide bonds. The zero-order valence-electron chi connectivity index (χ0n) is 14.3. The number of carbonyl (C=O) groups is 1. The van der Waals surface area contributed by atoms with Crippen molar-refractivity contribution in [1.82, 2.24) is 10.3 Å². The number of rotatable bonds is 8. The lowest BCUT2D eigenvalue weighted by Crippen LogP contribution is -2.29. The Balaban J connectivity index is 1.51. The number of nitrogens with zero attached hydrogens (tertiary/aromatic N) is 1. The number of carbonyl (C=O) groups excluding carboxylic acids is 1. The molecule has 0 saturated carbocycles. The Hall–Kier alpha value is -1.89. The Bertz CT molecular complexity index is 832. The SMILES string of the molecule is CCC(NC(=O)Cc1csc(COc2ccc(Cl)cc2)n1)c1cccs1. The van der Waals surface area contributed by atoms with E-state index in [-0.39, 0.29) is 18.4 Å². The summed E-state index contributed by atoms with van der Waals surface area (Å²) in [4.78, 5) is 18.0. The molecule has 2 aromatic heterocycles. The van der Waals surface area contributed by atoms with Gasteiger partial charge in [0.05, 0.1) is 18.2 Å². The maximum atomic E-state index is 12.3. The van der Waals surface area contributed by atoms with E-state index < -0.39 is 0 Å². The molecule has 1 aromatic carbocycles. The van der Waals surface area contributed by atoms with Gasteiger partial charge in [0.25, 0.3) is 0 Å². The first-order valence-corrected chi connectivity index (χ1v) is 10.4. The summed E-state index contributed by atoms with van der Waals surface area (Å²) in [7, 11) is 0. The number of aromatic nitrogens is 1. The maximum absolute atomic E-state index is 12.3. The predicted octanol–water partition coefficient (Wildman–Crippen LogP) is 5.25. The summed E-state index contributed by atoms with van der Waals surface area (Å²) in [6.07, 6.45) is 1.14. The smallest absolute Gasteiger partial charge is 0.226 e. The van der Waals surface area contributed by atoms with Gasteiger partial charge in [0, 0.05) is 15.3 Å². The van der Waals surface area contributed by atoms with Crippen molar-refractivity contribution in [2.24, 2.45) is 0 Å². The fraction of sp³-hybridized carbons (Fsp3) is 0.263. The minimum atomic E-state index is -0.0132. The summed E-state index contributed by atoms with van der Waals surface area (Å²) >= 11 is 9.01. The molecule has 1 unspecified atom stereocenters. The van der Waals surface area contributed by atoms with Gasteiger partial charge < -0.3 is 10.1 Å². The molecular formula is C19H19ClN2O2S2. The molecule has 7 heteroatoms. The third-order valence-electron chi connectivity index (χ3n) is 3.75. The molecule has 0 aliphatic heterocycles. The van der Waals surface area contributed by atoms with E-state index in [1.165, 1.54) is 16.2 Å². The molecule has 4 nitrogen and oxygen atoms in total. The molecule has 3 rings (SSSR count). The Kier molecular flexibility index (Phi) is 6.66. The first-order valence-electron chi connectivity index (χ1n) is 8.28. The van der Waals surface area contributed by atoms with Gasteiger partial charge in [-0.3, -0.25) is 4.79 Å². The highest BCUT2D eigenvalue weighted by atomic mass is 35.5. The fourth-order valence-electron chi connectivity index (χ4n) is 2.45. The number of ether oxygens (including phenoxy) is 1. The molecule has 3 aromatic rings. The average Bonchev–Trinajstić information content (AvgIpc) is 3.31. The molecule has 1 N–H and O–H groups in total. The van der Waals surface area contributed by atoms with Gasteiger partial charge in [-0.1, -0.05) is 24.6 Å². The summed E-state index contributed by atoms with van der Waals surface area (Å²) < 4.78 is 5.69. The third kappa shape index (κ3) is 5.30. The van der Waals surface area contributed by atoms with Gasteiger partial charge in [-0.05, 0) is 42.1 Å². The maximum Gasteiger partial charge on any atom is 0.226 e. The Morgan fingerprint density at radius 1 is 1.27 bits per heavy atom.